The number of primary amides is 1. The molecule has 0 aliphatic heterocycles. The summed E-state index contributed by atoms with van der Waals surface area (Å²) in [5, 5.41) is 0. The van der Waals surface area contributed by atoms with E-state index in [0.29, 0.717) is 12.0 Å². The minimum absolute atomic E-state index is 0. The Bertz CT molecular complexity index is 165. The van der Waals surface area contributed by atoms with Crippen molar-refractivity contribution in [1.82, 2.24) is 5.43 Å². The van der Waals surface area contributed by atoms with Crippen molar-refractivity contribution in [3.8, 4) is 0 Å². The number of hydrazine groups is 1. The van der Waals surface area contributed by atoms with Crippen molar-refractivity contribution in [1.29, 1.82) is 0 Å². The van der Waals surface area contributed by atoms with Crippen molar-refractivity contribution in [2.24, 2.45) is 11.6 Å². The Labute approximate surface area is 83.9 Å². The zero-order valence-electron chi connectivity index (χ0n) is 7.79. The number of amides is 2. The monoisotopic (exact) mass is 209 g/mol. The molecule has 78 valence electrons. The molecule has 0 spiro atoms. The lowest BCUT2D eigenvalue weighted by molar-refractivity contribution is -0.120. The third kappa shape index (κ3) is 18.1. The molecular formula is C7H16ClN3O2. The number of carbonyl (C=O) groups is 2. The molecule has 0 unspecified atom stereocenters. The topological polar surface area (TPSA) is 98.2 Å². The Morgan fingerprint density at radius 3 is 1.77 bits per heavy atom. The smallest absolute Gasteiger partial charge is 0.243 e. The minimum Gasteiger partial charge on any atom is -0.366 e. The zero-order valence-corrected chi connectivity index (χ0v) is 8.61. The molecule has 0 aromatic heterocycles. The second kappa shape index (κ2) is 10.9. The molecular weight excluding hydrogens is 194 g/mol. The maximum absolute atomic E-state index is 9.94. The van der Waals surface area contributed by atoms with Gasteiger partial charge >= 0.3 is 0 Å². The van der Waals surface area contributed by atoms with Crippen molar-refractivity contribution in [2.75, 3.05) is 0 Å². The molecule has 0 bridgehead atoms. The number of hydrogen-bond acceptors (Lipinski definition) is 3. The molecule has 0 heterocycles. The van der Waals surface area contributed by atoms with Crippen LogP contribution in [0.3, 0.4) is 0 Å². The standard InChI is InChI=1S/C4H7NO.C3H8N2O.ClH/c1-3(2)4(5)6;1-2-3(6)5-4;/h1H2,2H3,(H2,5,6);2,4H2,1H3,(H,5,6);1H. The molecule has 0 aliphatic carbocycles. The zero-order chi connectivity index (χ0) is 10.1. The van der Waals surface area contributed by atoms with Gasteiger partial charge in [0.15, 0.2) is 0 Å². The second-order valence-electron chi connectivity index (χ2n) is 2.07. The third-order valence-corrected chi connectivity index (χ3v) is 0.903. The van der Waals surface area contributed by atoms with Crippen LogP contribution in [0, 0.1) is 0 Å². The maximum Gasteiger partial charge on any atom is 0.243 e. The van der Waals surface area contributed by atoms with Crippen molar-refractivity contribution < 1.29 is 9.59 Å². The van der Waals surface area contributed by atoms with E-state index in [1.165, 1.54) is 0 Å². The fourth-order valence-corrected chi connectivity index (χ4v) is 0.102. The summed E-state index contributed by atoms with van der Waals surface area (Å²) < 4.78 is 0. The number of nitrogens with one attached hydrogen (secondary N) is 1. The highest BCUT2D eigenvalue weighted by molar-refractivity contribution is 5.90. The Hall–Kier alpha value is -1.07. The highest BCUT2D eigenvalue weighted by Crippen LogP contribution is 1.78. The van der Waals surface area contributed by atoms with E-state index in [1.807, 2.05) is 5.43 Å². The van der Waals surface area contributed by atoms with Crippen LogP contribution in [0.2, 0.25) is 0 Å². The lowest BCUT2D eigenvalue weighted by atomic mass is 10.3. The first-order valence-corrected chi connectivity index (χ1v) is 3.40. The summed E-state index contributed by atoms with van der Waals surface area (Å²) in [6.45, 7) is 6.59. The van der Waals surface area contributed by atoms with Crippen LogP contribution in [-0.2, 0) is 9.59 Å². The van der Waals surface area contributed by atoms with Crippen LogP contribution < -0.4 is 17.0 Å². The molecule has 0 rings (SSSR count). The second-order valence-corrected chi connectivity index (χ2v) is 2.07. The van der Waals surface area contributed by atoms with Crippen molar-refractivity contribution in [3.63, 3.8) is 0 Å². The minimum atomic E-state index is -0.435. The molecule has 0 aliphatic rings. The largest absolute Gasteiger partial charge is 0.366 e. The quantitative estimate of drug-likeness (QED) is 0.255. The van der Waals surface area contributed by atoms with E-state index in [-0.39, 0.29) is 18.3 Å². The number of halogens is 1. The van der Waals surface area contributed by atoms with E-state index in [9.17, 15) is 9.59 Å². The summed E-state index contributed by atoms with van der Waals surface area (Å²) >= 11 is 0. The number of carbonyl (C=O) groups excluding carboxylic acids is 2. The van der Waals surface area contributed by atoms with E-state index >= 15 is 0 Å². The molecule has 0 atom stereocenters. The van der Waals surface area contributed by atoms with Gasteiger partial charge in [0, 0.05) is 12.0 Å². The summed E-state index contributed by atoms with van der Waals surface area (Å²) in [5.74, 6) is 4.12. The maximum atomic E-state index is 9.94. The van der Waals surface area contributed by atoms with E-state index in [0.717, 1.165) is 0 Å². The molecule has 0 radical (unpaired) electrons. The van der Waals surface area contributed by atoms with Gasteiger partial charge in [0.05, 0.1) is 0 Å². The van der Waals surface area contributed by atoms with Crippen LogP contribution in [0.15, 0.2) is 12.2 Å². The van der Waals surface area contributed by atoms with Gasteiger partial charge < -0.3 is 5.73 Å². The summed E-state index contributed by atoms with van der Waals surface area (Å²) in [7, 11) is 0. The molecule has 13 heavy (non-hydrogen) atoms. The summed E-state index contributed by atoms with van der Waals surface area (Å²) in [5.41, 5.74) is 7.07. The van der Waals surface area contributed by atoms with Gasteiger partial charge in [-0.2, -0.15) is 0 Å². The summed E-state index contributed by atoms with van der Waals surface area (Å²) in [6, 6.07) is 0. The van der Waals surface area contributed by atoms with Crippen molar-refractivity contribution >= 4 is 24.2 Å². The molecule has 0 aromatic carbocycles. The molecule has 0 fully saturated rings. The molecule has 0 saturated carbocycles. The first-order valence-electron chi connectivity index (χ1n) is 3.40. The van der Waals surface area contributed by atoms with Gasteiger partial charge in [0.1, 0.15) is 0 Å². The van der Waals surface area contributed by atoms with E-state index in [4.69, 9.17) is 5.73 Å². The van der Waals surface area contributed by atoms with Crippen LogP contribution >= 0.6 is 12.4 Å². The van der Waals surface area contributed by atoms with Gasteiger partial charge in [-0.15, -0.1) is 12.4 Å². The molecule has 5 N–H and O–H groups in total. The lowest BCUT2D eigenvalue weighted by Gasteiger charge is -1.87. The highest BCUT2D eigenvalue weighted by atomic mass is 35.5. The SMILES string of the molecule is C=C(C)C(N)=O.CCC(=O)NN.Cl. The average Bonchev–Trinajstić information content (AvgIpc) is 2.04. The fourth-order valence-electron chi connectivity index (χ4n) is 0.102. The normalized spacial score (nSPS) is 7.00. The Balaban J connectivity index is -0.000000143. The van der Waals surface area contributed by atoms with E-state index < -0.39 is 5.91 Å². The molecule has 0 aromatic rings. The van der Waals surface area contributed by atoms with Gasteiger partial charge in [0.25, 0.3) is 0 Å². The Morgan fingerprint density at radius 2 is 1.77 bits per heavy atom. The highest BCUT2D eigenvalue weighted by Gasteiger charge is 1.86. The van der Waals surface area contributed by atoms with Gasteiger partial charge in [-0.1, -0.05) is 13.5 Å². The fraction of sp³-hybridized carbons (Fsp3) is 0.429. The molecule has 2 amide bonds. The van der Waals surface area contributed by atoms with Crippen LogP contribution in [0.5, 0.6) is 0 Å². The Kier molecular flexibility index (Phi) is 15.0. The van der Waals surface area contributed by atoms with Crippen LogP contribution in [0.1, 0.15) is 20.3 Å². The first-order chi connectivity index (χ1) is 5.45. The van der Waals surface area contributed by atoms with E-state index in [1.54, 1.807) is 13.8 Å². The predicted octanol–water partition coefficient (Wildman–Crippen LogP) is -0.144. The predicted molar refractivity (Wildman–Crippen MR) is 53.9 cm³/mol. The van der Waals surface area contributed by atoms with E-state index in [2.05, 4.69) is 12.4 Å². The van der Waals surface area contributed by atoms with Gasteiger partial charge in [-0.05, 0) is 6.92 Å². The van der Waals surface area contributed by atoms with Gasteiger partial charge in [0.2, 0.25) is 11.8 Å². The van der Waals surface area contributed by atoms with Crippen molar-refractivity contribution in [3.05, 3.63) is 12.2 Å². The summed E-state index contributed by atoms with van der Waals surface area (Å²) in [6.07, 6.45) is 0.455. The number of nitrogens with two attached hydrogens (primary N) is 2. The lowest BCUT2D eigenvalue weighted by Crippen LogP contribution is -2.28. The van der Waals surface area contributed by atoms with Crippen LogP contribution in [0.25, 0.3) is 0 Å². The van der Waals surface area contributed by atoms with Crippen LogP contribution in [-0.4, -0.2) is 11.8 Å². The number of rotatable bonds is 2. The third-order valence-electron chi connectivity index (χ3n) is 0.903. The average molecular weight is 210 g/mol. The molecule has 0 saturated heterocycles. The molecule has 5 nitrogen and oxygen atoms in total. The van der Waals surface area contributed by atoms with Crippen molar-refractivity contribution in [2.45, 2.75) is 20.3 Å². The van der Waals surface area contributed by atoms with Gasteiger partial charge in [-0.25, -0.2) is 5.84 Å². The van der Waals surface area contributed by atoms with Gasteiger partial charge in [-0.3, -0.25) is 15.0 Å². The first kappa shape index (κ1) is 17.9. The Morgan fingerprint density at radius 1 is 1.46 bits per heavy atom. The molecule has 6 heteroatoms. The summed E-state index contributed by atoms with van der Waals surface area (Å²) in [4.78, 5) is 19.8. The van der Waals surface area contributed by atoms with Crippen LogP contribution in [0.4, 0.5) is 0 Å². The number of hydrogen-bond donors (Lipinski definition) is 3.